The number of rotatable bonds is 5. The lowest BCUT2D eigenvalue weighted by atomic mass is 10.0. The Balaban J connectivity index is 1.63. The first-order valence-electron chi connectivity index (χ1n) is 6.27. The minimum atomic E-state index is -0.183. The summed E-state index contributed by atoms with van der Waals surface area (Å²) in [6.45, 7) is 7.20. The zero-order valence-corrected chi connectivity index (χ0v) is 10.7. The topological polar surface area (TPSA) is 59.6 Å². The predicted octanol–water partition coefficient (Wildman–Crippen LogP) is 0.0502. The second-order valence-electron chi connectivity index (χ2n) is 5.52. The van der Waals surface area contributed by atoms with Crippen LogP contribution in [0.5, 0.6) is 0 Å². The standard InChI is InChI=1S/C12H22N2O3/c1-11(4-3-5-16-11)9-14-10(15)6-17-12(2)7-13-8-12/h13H,3-9H2,1-2H3,(H,14,15). The highest BCUT2D eigenvalue weighted by Crippen LogP contribution is 2.23. The van der Waals surface area contributed by atoms with E-state index in [0.29, 0.717) is 6.54 Å². The number of carbonyl (C=O) groups is 1. The molecule has 2 fully saturated rings. The van der Waals surface area contributed by atoms with Crippen molar-refractivity contribution < 1.29 is 14.3 Å². The van der Waals surface area contributed by atoms with Crippen LogP contribution in [0.2, 0.25) is 0 Å². The van der Waals surface area contributed by atoms with Gasteiger partial charge in [0.05, 0.1) is 11.2 Å². The van der Waals surface area contributed by atoms with Gasteiger partial charge in [-0.3, -0.25) is 4.79 Å². The summed E-state index contributed by atoms with van der Waals surface area (Å²) in [7, 11) is 0. The van der Waals surface area contributed by atoms with E-state index in [2.05, 4.69) is 10.6 Å². The van der Waals surface area contributed by atoms with E-state index in [1.807, 2.05) is 13.8 Å². The average Bonchev–Trinajstić information content (AvgIpc) is 2.69. The van der Waals surface area contributed by atoms with Crippen molar-refractivity contribution in [1.82, 2.24) is 10.6 Å². The summed E-state index contributed by atoms with van der Waals surface area (Å²) >= 11 is 0. The molecule has 98 valence electrons. The highest BCUT2D eigenvalue weighted by atomic mass is 16.5. The summed E-state index contributed by atoms with van der Waals surface area (Å²) in [6.07, 6.45) is 2.09. The molecule has 1 amide bonds. The van der Waals surface area contributed by atoms with E-state index in [4.69, 9.17) is 9.47 Å². The van der Waals surface area contributed by atoms with Gasteiger partial charge in [-0.15, -0.1) is 0 Å². The van der Waals surface area contributed by atoms with Crippen molar-refractivity contribution >= 4 is 5.91 Å². The van der Waals surface area contributed by atoms with Crippen molar-refractivity contribution in [2.75, 3.05) is 32.8 Å². The van der Waals surface area contributed by atoms with Gasteiger partial charge in [-0.1, -0.05) is 0 Å². The van der Waals surface area contributed by atoms with E-state index >= 15 is 0 Å². The van der Waals surface area contributed by atoms with E-state index in [0.717, 1.165) is 32.5 Å². The lowest BCUT2D eigenvalue weighted by Gasteiger charge is -2.38. The molecule has 2 N–H and O–H groups in total. The van der Waals surface area contributed by atoms with Crippen molar-refractivity contribution in [3.05, 3.63) is 0 Å². The summed E-state index contributed by atoms with van der Waals surface area (Å²) in [5, 5.41) is 6.01. The maximum absolute atomic E-state index is 11.6. The molecule has 0 spiro atoms. The van der Waals surface area contributed by atoms with Crippen molar-refractivity contribution in [3.63, 3.8) is 0 Å². The summed E-state index contributed by atoms with van der Waals surface area (Å²) in [5.74, 6) is -0.0603. The summed E-state index contributed by atoms with van der Waals surface area (Å²) < 4.78 is 11.2. The molecule has 17 heavy (non-hydrogen) atoms. The van der Waals surface area contributed by atoms with Crippen LogP contribution in [0.4, 0.5) is 0 Å². The monoisotopic (exact) mass is 242 g/mol. The van der Waals surface area contributed by atoms with Crippen LogP contribution in [-0.4, -0.2) is 50.0 Å². The molecule has 2 saturated heterocycles. The average molecular weight is 242 g/mol. The van der Waals surface area contributed by atoms with E-state index in [-0.39, 0.29) is 23.7 Å². The zero-order chi connectivity index (χ0) is 12.4. The number of hydrogen-bond acceptors (Lipinski definition) is 4. The Morgan fingerprint density at radius 2 is 2.24 bits per heavy atom. The number of carbonyl (C=O) groups excluding carboxylic acids is 1. The van der Waals surface area contributed by atoms with Gasteiger partial charge in [-0.2, -0.15) is 0 Å². The second-order valence-corrected chi connectivity index (χ2v) is 5.52. The SMILES string of the molecule is CC1(OCC(=O)NCC2(C)CCCO2)CNC1. The molecule has 2 aliphatic rings. The number of amides is 1. The first-order valence-corrected chi connectivity index (χ1v) is 6.27. The summed E-state index contributed by atoms with van der Waals surface area (Å²) in [4.78, 5) is 11.6. The molecule has 0 aromatic carbocycles. The quantitative estimate of drug-likeness (QED) is 0.715. The highest BCUT2D eigenvalue weighted by molar-refractivity contribution is 5.77. The van der Waals surface area contributed by atoms with Crippen LogP contribution in [0.1, 0.15) is 26.7 Å². The van der Waals surface area contributed by atoms with Gasteiger partial charge in [-0.05, 0) is 26.7 Å². The van der Waals surface area contributed by atoms with E-state index in [9.17, 15) is 4.79 Å². The molecule has 0 aliphatic carbocycles. The molecule has 2 heterocycles. The van der Waals surface area contributed by atoms with E-state index in [1.54, 1.807) is 0 Å². The van der Waals surface area contributed by atoms with Gasteiger partial charge in [-0.25, -0.2) is 0 Å². The predicted molar refractivity (Wildman–Crippen MR) is 63.8 cm³/mol. The van der Waals surface area contributed by atoms with Gasteiger partial charge in [0.2, 0.25) is 5.91 Å². The smallest absolute Gasteiger partial charge is 0.246 e. The third-order valence-electron chi connectivity index (χ3n) is 3.51. The van der Waals surface area contributed by atoms with Gasteiger partial charge >= 0.3 is 0 Å². The van der Waals surface area contributed by atoms with E-state index in [1.165, 1.54) is 0 Å². The second kappa shape index (κ2) is 4.92. The molecule has 0 aromatic rings. The van der Waals surface area contributed by atoms with Crippen LogP contribution in [-0.2, 0) is 14.3 Å². The van der Waals surface area contributed by atoms with Gasteiger partial charge in [0, 0.05) is 26.2 Å². The van der Waals surface area contributed by atoms with Crippen molar-refractivity contribution in [3.8, 4) is 0 Å². The van der Waals surface area contributed by atoms with Crippen LogP contribution in [0, 0.1) is 0 Å². The molecule has 2 aliphatic heterocycles. The minimum absolute atomic E-state index is 0.0603. The van der Waals surface area contributed by atoms with Gasteiger partial charge in [0.25, 0.3) is 0 Å². The first kappa shape index (κ1) is 12.8. The fraction of sp³-hybridized carbons (Fsp3) is 0.917. The molecule has 0 bridgehead atoms. The molecule has 1 unspecified atom stereocenters. The van der Waals surface area contributed by atoms with Gasteiger partial charge < -0.3 is 20.1 Å². The molecule has 0 aromatic heterocycles. The van der Waals surface area contributed by atoms with Crippen molar-refractivity contribution in [2.45, 2.75) is 37.9 Å². The zero-order valence-electron chi connectivity index (χ0n) is 10.7. The highest BCUT2D eigenvalue weighted by Gasteiger charge is 2.34. The fourth-order valence-electron chi connectivity index (χ4n) is 2.13. The van der Waals surface area contributed by atoms with Crippen LogP contribution < -0.4 is 10.6 Å². The lowest BCUT2D eigenvalue weighted by molar-refractivity contribution is -0.136. The van der Waals surface area contributed by atoms with E-state index < -0.39 is 0 Å². The van der Waals surface area contributed by atoms with Crippen LogP contribution in [0.25, 0.3) is 0 Å². The molecule has 0 saturated carbocycles. The molecule has 0 radical (unpaired) electrons. The molecule has 5 nitrogen and oxygen atoms in total. The van der Waals surface area contributed by atoms with Crippen molar-refractivity contribution in [1.29, 1.82) is 0 Å². The minimum Gasteiger partial charge on any atom is -0.373 e. The number of ether oxygens (including phenoxy) is 2. The van der Waals surface area contributed by atoms with Crippen LogP contribution in [0.3, 0.4) is 0 Å². The number of nitrogens with one attached hydrogen (secondary N) is 2. The Morgan fingerprint density at radius 1 is 1.47 bits per heavy atom. The van der Waals surface area contributed by atoms with Gasteiger partial charge in [0.1, 0.15) is 6.61 Å². The molecule has 2 rings (SSSR count). The Morgan fingerprint density at radius 3 is 2.76 bits per heavy atom. The summed E-state index contributed by atoms with van der Waals surface area (Å²) in [5.41, 5.74) is -0.345. The number of hydrogen-bond donors (Lipinski definition) is 2. The van der Waals surface area contributed by atoms with Crippen LogP contribution in [0.15, 0.2) is 0 Å². The Kier molecular flexibility index (Phi) is 3.70. The molecular formula is C12H22N2O3. The Labute approximate surface area is 102 Å². The Bertz CT molecular complexity index is 283. The molecule has 5 heteroatoms. The third-order valence-corrected chi connectivity index (χ3v) is 3.51. The maximum Gasteiger partial charge on any atom is 0.246 e. The first-order chi connectivity index (χ1) is 8.02. The van der Waals surface area contributed by atoms with Gasteiger partial charge in [0.15, 0.2) is 0 Å². The van der Waals surface area contributed by atoms with Crippen molar-refractivity contribution in [2.24, 2.45) is 0 Å². The fourth-order valence-corrected chi connectivity index (χ4v) is 2.13. The lowest BCUT2D eigenvalue weighted by Crippen LogP contribution is -2.59. The van der Waals surface area contributed by atoms with Crippen LogP contribution >= 0.6 is 0 Å². The molecular weight excluding hydrogens is 220 g/mol. The maximum atomic E-state index is 11.6. The summed E-state index contributed by atoms with van der Waals surface area (Å²) in [6, 6.07) is 0. The molecule has 1 atom stereocenters. The third kappa shape index (κ3) is 3.40. The normalized spacial score (nSPS) is 30.9. The Hall–Kier alpha value is -0.650. The largest absolute Gasteiger partial charge is 0.373 e.